The van der Waals surface area contributed by atoms with Gasteiger partial charge in [0.1, 0.15) is 6.61 Å². The predicted molar refractivity (Wildman–Crippen MR) is 94.4 cm³/mol. The standard InChI is InChI=1S/C21H17NO3/c1-21(2)16-17(22-20(21)24)14-10-6-7-11-15(14)18(23)19(16)25-12-13-8-4-3-5-9-13/h3-11H,12H2,1-2H3. The van der Waals surface area contributed by atoms with Crippen molar-refractivity contribution >= 4 is 17.4 Å². The van der Waals surface area contributed by atoms with Crippen molar-refractivity contribution in [3.05, 3.63) is 82.6 Å². The van der Waals surface area contributed by atoms with Gasteiger partial charge >= 0.3 is 0 Å². The summed E-state index contributed by atoms with van der Waals surface area (Å²) in [4.78, 5) is 29.7. The number of hydrogen-bond donors (Lipinski definition) is 0. The summed E-state index contributed by atoms with van der Waals surface area (Å²) in [5.74, 6) is -0.205. The lowest BCUT2D eigenvalue weighted by Gasteiger charge is -2.26. The van der Waals surface area contributed by atoms with E-state index in [-0.39, 0.29) is 24.1 Å². The third kappa shape index (κ3) is 2.33. The highest BCUT2D eigenvalue weighted by molar-refractivity contribution is 6.34. The third-order valence-corrected chi connectivity index (χ3v) is 4.70. The Morgan fingerprint density at radius 2 is 1.56 bits per heavy atom. The molecule has 2 aromatic rings. The molecule has 0 saturated heterocycles. The molecule has 1 heterocycles. The molecule has 4 heteroatoms. The number of nitrogens with zero attached hydrogens (tertiary/aromatic N) is 1. The minimum absolute atomic E-state index is 0.191. The van der Waals surface area contributed by atoms with Crippen molar-refractivity contribution in [2.45, 2.75) is 20.5 Å². The smallest absolute Gasteiger partial charge is 0.256 e. The molecule has 2 aromatic carbocycles. The fourth-order valence-corrected chi connectivity index (χ4v) is 3.28. The van der Waals surface area contributed by atoms with E-state index in [0.29, 0.717) is 22.4 Å². The second-order valence-corrected chi connectivity index (χ2v) is 6.74. The average molecular weight is 331 g/mol. The van der Waals surface area contributed by atoms with Crippen LogP contribution in [0.2, 0.25) is 0 Å². The zero-order valence-corrected chi connectivity index (χ0v) is 14.1. The van der Waals surface area contributed by atoms with Gasteiger partial charge in [0.25, 0.3) is 5.91 Å². The number of aliphatic imine (C=N–C) groups is 1. The van der Waals surface area contributed by atoms with Crippen LogP contribution in [0.25, 0.3) is 0 Å². The van der Waals surface area contributed by atoms with Gasteiger partial charge in [0, 0.05) is 16.7 Å². The highest BCUT2D eigenvalue weighted by Crippen LogP contribution is 2.43. The lowest BCUT2D eigenvalue weighted by Crippen LogP contribution is -2.30. The maximum atomic E-state index is 13.0. The Bertz CT molecular complexity index is 952. The summed E-state index contributed by atoms with van der Waals surface area (Å²) in [6.07, 6.45) is 0. The molecular weight excluding hydrogens is 314 g/mol. The topological polar surface area (TPSA) is 55.7 Å². The number of Topliss-reactive ketones (excluding diaryl/α,β-unsaturated/α-hetero) is 1. The second kappa shape index (κ2) is 5.52. The van der Waals surface area contributed by atoms with Crippen LogP contribution in [0.3, 0.4) is 0 Å². The monoisotopic (exact) mass is 331 g/mol. The first-order valence-electron chi connectivity index (χ1n) is 8.19. The van der Waals surface area contributed by atoms with Gasteiger partial charge in [-0.15, -0.1) is 0 Å². The normalized spacial score (nSPS) is 17.9. The molecule has 1 aliphatic heterocycles. The SMILES string of the molecule is CC1(C)C(=O)N=C2C1=C(OCc1ccccc1)C(=O)c1ccccc12. The number of carbonyl (C=O) groups excluding carboxylic acids is 2. The zero-order chi connectivity index (χ0) is 17.6. The fraction of sp³-hybridized carbons (Fsp3) is 0.190. The molecule has 0 bridgehead atoms. The summed E-state index contributed by atoms with van der Waals surface area (Å²) >= 11 is 0. The van der Waals surface area contributed by atoms with Gasteiger partial charge in [-0.1, -0.05) is 54.6 Å². The molecule has 0 fully saturated rings. The molecule has 0 aromatic heterocycles. The number of fused-ring (bicyclic) bond motifs is 3. The number of rotatable bonds is 3. The minimum Gasteiger partial charge on any atom is -0.484 e. The molecule has 0 spiro atoms. The maximum absolute atomic E-state index is 13.0. The molecule has 0 atom stereocenters. The predicted octanol–water partition coefficient (Wildman–Crippen LogP) is 3.71. The molecule has 0 N–H and O–H groups in total. The molecule has 2 aliphatic rings. The van der Waals surface area contributed by atoms with Gasteiger partial charge < -0.3 is 4.74 Å². The maximum Gasteiger partial charge on any atom is 0.256 e. The highest BCUT2D eigenvalue weighted by Gasteiger charge is 2.48. The second-order valence-electron chi connectivity index (χ2n) is 6.74. The van der Waals surface area contributed by atoms with E-state index in [1.807, 2.05) is 42.5 Å². The molecule has 25 heavy (non-hydrogen) atoms. The molecular formula is C21H17NO3. The zero-order valence-electron chi connectivity index (χ0n) is 14.1. The summed E-state index contributed by atoms with van der Waals surface area (Å²) in [5.41, 5.74) is 2.48. The van der Waals surface area contributed by atoms with E-state index in [2.05, 4.69) is 4.99 Å². The third-order valence-electron chi connectivity index (χ3n) is 4.70. The average Bonchev–Trinajstić information content (AvgIpc) is 2.86. The van der Waals surface area contributed by atoms with Crippen LogP contribution in [-0.4, -0.2) is 17.4 Å². The summed E-state index contributed by atoms with van der Waals surface area (Å²) in [6.45, 7) is 3.84. The minimum atomic E-state index is -0.870. The van der Waals surface area contributed by atoms with Gasteiger partial charge in [-0.05, 0) is 19.4 Å². The van der Waals surface area contributed by atoms with Crippen LogP contribution in [-0.2, 0) is 16.1 Å². The Hall–Kier alpha value is -3.01. The van der Waals surface area contributed by atoms with Crippen LogP contribution in [0.4, 0.5) is 0 Å². The van der Waals surface area contributed by atoms with E-state index >= 15 is 0 Å². The van der Waals surface area contributed by atoms with Gasteiger partial charge in [0.2, 0.25) is 5.78 Å². The number of hydrogen-bond acceptors (Lipinski definition) is 3. The molecule has 1 aliphatic carbocycles. The van der Waals surface area contributed by atoms with Crippen molar-refractivity contribution in [1.29, 1.82) is 0 Å². The molecule has 124 valence electrons. The van der Waals surface area contributed by atoms with Crippen molar-refractivity contribution in [2.24, 2.45) is 10.4 Å². The first-order valence-corrected chi connectivity index (χ1v) is 8.19. The van der Waals surface area contributed by atoms with E-state index < -0.39 is 5.41 Å². The molecule has 4 rings (SSSR count). The van der Waals surface area contributed by atoms with Crippen LogP contribution in [0, 0.1) is 5.41 Å². The number of ether oxygens (including phenoxy) is 1. The Balaban J connectivity index is 1.83. The number of amides is 1. The van der Waals surface area contributed by atoms with E-state index in [0.717, 1.165) is 5.56 Å². The summed E-state index contributed by atoms with van der Waals surface area (Å²) in [6, 6.07) is 16.9. The molecule has 1 amide bonds. The lowest BCUT2D eigenvalue weighted by atomic mass is 9.76. The van der Waals surface area contributed by atoms with Crippen molar-refractivity contribution in [3.63, 3.8) is 0 Å². The number of allylic oxidation sites excluding steroid dienone is 1. The van der Waals surface area contributed by atoms with Crippen LogP contribution in [0.5, 0.6) is 0 Å². The van der Waals surface area contributed by atoms with Crippen LogP contribution in [0.15, 0.2) is 70.9 Å². The first kappa shape index (κ1) is 15.5. The summed E-state index contributed by atoms with van der Waals surface area (Å²) in [7, 11) is 0. The van der Waals surface area contributed by atoms with Gasteiger partial charge in [-0.25, -0.2) is 4.99 Å². The Labute approximate surface area is 145 Å². The van der Waals surface area contributed by atoms with E-state index in [1.165, 1.54) is 0 Å². The number of ketones is 1. The Morgan fingerprint density at radius 1 is 0.920 bits per heavy atom. The van der Waals surface area contributed by atoms with Gasteiger partial charge in [0.05, 0.1) is 11.1 Å². The van der Waals surface area contributed by atoms with Gasteiger partial charge in [0.15, 0.2) is 5.76 Å². The molecule has 0 saturated carbocycles. The summed E-state index contributed by atoms with van der Waals surface area (Å²) < 4.78 is 5.93. The van der Waals surface area contributed by atoms with Crippen molar-refractivity contribution in [2.75, 3.05) is 0 Å². The van der Waals surface area contributed by atoms with Crippen molar-refractivity contribution in [3.8, 4) is 0 Å². The van der Waals surface area contributed by atoms with E-state index in [1.54, 1.807) is 26.0 Å². The van der Waals surface area contributed by atoms with Crippen LogP contribution < -0.4 is 0 Å². The molecule has 0 unspecified atom stereocenters. The lowest BCUT2D eigenvalue weighted by molar-refractivity contribution is -0.123. The van der Waals surface area contributed by atoms with Crippen molar-refractivity contribution < 1.29 is 14.3 Å². The van der Waals surface area contributed by atoms with Crippen LogP contribution >= 0.6 is 0 Å². The largest absolute Gasteiger partial charge is 0.484 e. The van der Waals surface area contributed by atoms with E-state index in [9.17, 15) is 9.59 Å². The number of carbonyl (C=O) groups is 2. The fourth-order valence-electron chi connectivity index (χ4n) is 3.28. The Morgan fingerprint density at radius 3 is 2.28 bits per heavy atom. The first-order chi connectivity index (χ1) is 12.0. The number of benzene rings is 2. The van der Waals surface area contributed by atoms with Crippen LogP contribution in [0.1, 0.15) is 35.3 Å². The molecule has 0 radical (unpaired) electrons. The van der Waals surface area contributed by atoms with Gasteiger partial charge in [-0.2, -0.15) is 0 Å². The Kier molecular flexibility index (Phi) is 3.42. The quantitative estimate of drug-likeness (QED) is 0.861. The van der Waals surface area contributed by atoms with Gasteiger partial charge in [-0.3, -0.25) is 9.59 Å². The molecule has 4 nitrogen and oxygen atoms in total. The van der Waals surface area contributed by atoms with Crippen molar-refractivity contribution in [1.82, 2.24) is 0 Å². The van der Waals surface area contributed by atoms with E-state index in [4.69, 9.17) is 4.74 Å². The highest BCUT2D eigenvalue weighted by atomic mass is 16.5. The summed E-state index contributed by atoms with van der Waals surface area (Å²) in [5, 5.41) is 0.